The number of nitrogens with two attached hydrogens (primary N) is 1. The Labute approximate surface area is 72.3 Å². The second-order valence-electron chi connectivity index (χ2n) is 3.27. The molecule has 0 saturated heterocycles. The van der Waals surface area contributed by atoms with Crippen LogP contribution in [0.2, 0.25) is 0 Å². The Kier molecular flexibility index (Phi) is 1.87. The summed E-state index contributed by atoms with van der Waals surface area (Å²) in [6.07, 6.45) is 0. The highest BCUT2D eigenvalue weighted by molar-refractivity contribution is 5.37. The van der Waals surface area contributed by atoms with Crippen LogP contribution in [0.3, 0.4) is 0 Å². The van der Waals surface area contributed by atoms with Crippen molar-refractivity contribution < 1.29 is 4.74 Å². The summed E-state index contributed by atoms with van der Waals surface area (Å²) in [6.45, 7) is 3.46. The fraction of sp³-hybridized carbons (Fsp3) is 0.400. The molecule has 0 spiro atoms. The van der Waals surface area contributed by atoms with E-state index in [0.717, 1.165) is 0 Å². The van der Waals surface area contributed by atoms with E-state index in [0.29, 0.717) is 13.2 Å². The SMILES string of the molecule is Cc1cccc2c1[C@@H](N)COC2. The van der Waals surface area contributed by atoms with Crippen LogP contribution in [0.4, 0.5) is 0 Å². The van der Waals surface area contributed by atoms with Crippen LogP contribution in [0.1, 0.15) is 22.7 Å². The van der Waals surface area contributed by atoms with Gasteiger partial charge in [-0.25, -0.2) is 0 Å². The Bertz CT molecular complexity index is 296. The quantitative estimate of drug-likeness (QED) is 0.629. The lowest BCUT2D eigenvalue weighted by Gasteiger charge is -2.24. The molecule has 1 aliphatic heterocycles. The minimum atomic E-state index is 0.0648. The standard InChI is InChI=1S/C10H13NO/c1-7-3-2-4-8-5-12-6-9(11)10(7)8/h2-4,9H,5-6,11H2,1H3/t9-/m0/s1. The number of benzene rings is 1. The summed E-state index contributed by atoms with van der Waals surface area (Å²) < 4.78 is 5.34. The fourth-order valence-electron chi connectivity index (χ4n) is 1.78. The number of ether oxygens (including phenoxy) is 1. The number of fused-ring (bicyclic) bond motifs is 1. The van der Waals surface area contributed by atoms with Crippen LogP contribution in [-0.4, -0.2) is 6.61 Å². The maximum atomic E-state index is 5.92. The molecular formula is C10H13NO. The molecule has 64 valence electrons. The Balaban J connectivity index is 2.53. The van der Waals surface area contributed by atoms with Crippen molar-refractivity contribution in [3.05, 3.63) is 34.9 Å². The van der Waals surface area contributed by atoms with Gasteiger partial charge in [0.2, 0.25) is 0 Å². The molecule has 1 heterocycles. The third-order valence-electron chi connectivity index (χ3n) is 2.34. The third-order valence-corrected chi connectivity index (χ3v) is 2.34. The first-order valence-electron chi connectivity index (χ1n) is 4.21. The van der Waals surface area contributed by atoms with Crippen molar-refractivity contribution >= 4 is 0 Å². The lowest BCUT2D eigenvalue weighted by Crippen LogP contribution is -2.24. The summed E-state index contributed by atoms with van der Waals surface area (Å²) in [4.78, 5) is 0. The summed E-state index contributed by atoms with van der Waals surface area (Å²) >= 11 is 0. The van der Waals surface area contributed by atoms with E-state index in [2.05, 4.69) is 25.1 Å². The molecule has 0 unspecified atom stereocenters. The molecule has 2 nitrogen and oxygen atoms in total. The van der Waals surface area contributed by atoms with Crippen LogP contribution in [-0.2, 0) is 11.3 Å². The molecular weight excluding hydrogens is 150 g/mol. The number of hydrogen-bond acceptors (Lipinski definition) is 2. The van der Waals surface area contributed by atoms with Crippen molar-refractivity contribution in [3.8, 4) is 0 Å². The molecule has 0 fully saturated rings. The molecule has 1 aliphatic rings. The number of hydrogen-bond donors (Lipinski definition) is 1. The second-order valence-corrected chi connectivity index (χ2v) is 3.27. The minimum absolute atomic E-state index is 0.0648. The van der Waals surface area contributed by atoms with Gasteiger partial charge in [-0.1, -0.05) is 18.2 Å². The normalized spacial score (nSPS) is 22.0. The van der Waals surface area contributed by atoms with Gasteiger partial charge in [-0.3, -0.25) is 0 Å². The fourth-order valence-corrected chi connectivity index (χ4v) is 1.78. The Morgan fingerprint density at radius 2 is 2.33 bits per heavy atom. The highest BCUT2D eigenvalue weighted by Gasteiger charge is 2.18. The molecule has 2 N–H and O–H groups in total. The van der Waals surface area contributed by atoms with Crippen molar-refractivity contribution in [1.82, 2.24) is 0 Å². The van der Waals surface area contributed by atoms with Crippen LogP contribution < -0.4 is 5.73 Å². The Hall–Kier alpha value is -0.860. The zero-order valence-corrected chi connectivity index (χ0v) is 7.21. The summed E-state index contributed by atoms with van der Waals surface area (Å²) in [6, 6.07) is 6.30. The van der Waals surface area contributed by atoms with Gasteiger partial charge in [0.1, 0.15) is 0 Å². The van der Waals surface area contributed by atoms with Gasteiger partial charge < -0.3 is 10.5 Å². The van der Waals surface area contributed by atoms with Gasteiger partial charge in [-0.15, -0.1) is 0 Å². The van der Waals surface area contributed by atoms with Crippen molar-refractivity contribution in [2.45, 2.75) is 19.6 Å². The molecule has 0 amide bonds. The van der Waals surface area contributed by atoms with Crippen LogP contribution in [0.5, 0.6) is 0 Å². The average Bonchev–Trinajstić information content (AvgIpc) is 2.04. The second kappa shape index (κ2) is 2.88. The summed E-state index contributed by atoms with van der Waals surface area (Å²) in [5, 5.41) is 0. The molecule has 12 heavy (non-hydrogen) atoms. The summed E-state index contributed by atoms with van der Waals surface area (Å²) in [5.41, 5.74) is 9.73. The molecule has 1 aromatic carbocycles. The van der Waals surface area contributed by atoms with Gasteiger partial charge in [0, 0.05) is 0 Å². The molecule has 0 saturated carbocycles. The first-order chi connectivity index (χ1) is 5.79. The van der Waals surface area contributed by atoms with E-state index < -0.39 is 0 Å². The van der Waals surface area contributed by atoms with Crippen LogP contribution >= 0.6 is 0 Å². The molecule has 2 heteroatoms. The monoisotopic (exact) mass is 163 g/mol. The van der Waals surface area contributed by atoms with Crippen LogP contribution in [0, 0.1) is 6.92 Å². The third kappa shape index (κ3) is 1.13. The van der Waals surface area contributed by atoms with Gasteiger partial charge in [0.15, 0.2) is 0 Å². The molecule has 2 rings (SSSR count). The van der Waals surface area contributed by atoms with Crippen LogP contribution in [0.25, 0.3) is 0 Å². The van der Waals surface area contributed by atoms with Crippen molar-refractivity contribution in [3.63, 3.8) is 0 Å². The highest BCUT2D eigenvalue weighted by Crippen LogP contribution is 2.25. The predicted octanol–water partition coefficient (Wildman–Crippen LogP) is 1.53. The van der Waals surface area contributed by atoms with Gasteiger partial charge >= 0.3 is 0 Å². The van der Waals surface area contributed by atoms with Gasteiger partial charge in [0.05, 0.1) is 19.3 Å². The minimum Gasteiger partial charge on any atom is -0.375 e. The molecule has 0 bridgehead atoms. The molecule has 0 radical (unpaired) electrons. The van der Waals surface area contributed by atoms with E-state index in [-0.39, 0.29) is 6.04 Å². The lowest BCUT2D eigenvalue weighted by atomic mass is 9.95. The maximum Gasteiger partial charge on any atom is 0.0721 e. The van der Waals surface area contributed by atoms with E-state index >= 15 is 0 Å². The van der Waals surface area contributed by atoms with E-state index in [1.54, 1.807) is 0 Å². The lowest BCUT2D eigenvalue weighted by molar-refractivity contribution is 0.0921. The topological polar surface area (TPSA) is 35.2 Å². The largest absolute Gasteiger partial charge is 0.375 e. The first kappa shape index (κ1) is 7.77. The van der Waals surface area contributed by atoms with Crippen LogP contribution in [0.15, 0.2) is 18.2 Å². The van der Waals surface area contributed by atoms with Gasteiger partial charge in [-0.2, -0.15) is 0 Å². The first-order valence-corrected chi connectivity index (χ1v) is 4.21. The highest BCUT2D eigenvalue weighted by atomic mass is 16.5. The summed E-state index contributed by atoms with van der Waals surface area (Å²) in [5.74, 6) is 0. The zero-order valence-electron chi connectivity index (χ0n) is 7.21. The summed E-state index contributed by atoms with van der Waals surface area (Å²) in [7, 11) is 0. The van der Waals surface area contributed by atoms with Crippen molar-refractivity contribution in [1.29, 1.82) is 0 Å². The van der Waals surface area contributed by atoms with Crippen molar-refractivity contribution in [2.24, 2.45) is 5.73 Å². The van der Waals surface area contributed by atoms with Crippen molar-refractivity contribution in [2.75, 3.05) is 6.61 Å². The Morgan fingerprint density at radius 1 is 1.50 bits per heavy atom. The predicted molar refractivity (Wildman–Crippen MR) is 47.8 cm³/mol. The van der Waals surface area contributed by atoms with Gasteiger partial charge in [-0.05, 0) is 23.6 Å². The molecule has 1 atom stereocenters. The molecule has 0 aromatic heterocycles. The Morgan fingerprint density at radius 3 is 3.08 bits per heavy atom. The zero-order chi connectivity index (χ0) is 8.55. The number of rotatable bonds is 0. The van der Waals surface area contributed by atoms with Gasteiger partial charge in [0.25, 0.3) is 0 Å². The smallest absolute Gasteiger partial charge is 0.0721 e. The van der Waals surface area contributed by atoms with E-state index in [9.17, 15) is 0 Å². The maximum absolute atomic E-state index is 5.92. The van der Waals surface area contributed by atoms with E-state index in [1.165, 1.54) is 16.7 Å². The molecule has 1 aromatic rings. The van der Waals surface area contributed by atoms with E-state index in [4.69, 9.17) is 10.5 Å². The molecule has 0 aliphatic carbocycles. The van der Waals surface area contributed by atoms with E-state index in [1.807, 2.05) is 0 Å². The average molecular weight is 163 g/mol. The number of aryl methyl sites for hydroxylation is 1.